The molecule has 2 amide bonds. The Hall–Kier alpha value is -1.75. The number of carbonyl (C=O) groups is 1. The molecule has 1 aromatic carbocycles. The van der Waals surface area contributed by atoms with Crippen molar-refractivity contribution in [2.45, 2.75) is 13.8 Å². The summed E-state index contributed by atoms with van der Waals surface area (Å²) in [6, 6.07) is 7.76. The number of anilines is 2. The van der Waals surface area contributed by atoms with Crippen LogP contribution in [-0.2, 0) is 0 Å². The predicted molar refractivity (Wildman–Crippen MR) is 85.6 cm³/mol. The number of nitrogens with zero attached hydrogens (tertiary/aromatic N) is 2. The van der Waals surface area contributed by atoms with Crippen molar-refractivity contribution in [1.29, 1.82) is 0 Å². The summed E-state index contributed by atoms with van der Waals surface area (Å²) in [5.41, 5.74) is 1.98. The summed E-state index contributed by atoms with van der Waals surface area (Å²) in [6.45, 7) is 7.69. The van der Waals surface area contributed by atoms with E-state index in [0.29, 0.717) is 6.54 Å². The third kappa shape index (κ3) is 5.48. The maximum absolute atomic E-state index is 11.7. The largest absolute Gasteiger partial charge is 0.372 e. The molecule has 1 rings (SSSR count). The fourth-order valence-electron chi connectivity index (χ4n) is 1.91. The Morgan fingerprint density at radius 1 is 1.10 bits per heavy atom. The zero-order chi connectivity index (χ0) is 15.0. The van der Waals surface area contributed by atoms with Crippen LogP contribution in [0.1, 0.15) is 13.8 Å². The Morgan fingerprint density at radius 2 is 1.70 bits per heavy atom. The second kappa shape index (κ2) is 8.43. The Labute approximate surface area is 121 Å². The van der Waals surface area contributed by atoms with Crippen LogP contribution in [0.4, 0.5) is 16.2 Å². The van der Waals surface area contributed by atoms with E-state index >= 15 is 0 Å². The van der Waals surface area contributed by atoms with E-state index in [9.17, 15) is 4.79 Å². The number of likely N-dealkylation sites (N-methyl/N-ethyl adjacent to an activating group) is 1. The average molecular weight is 278 g/mol. The third-order valence-electron chi connectivity index (χ3n) is 3.10. The lowest BCUT2D eigenvalue weighted by Gasteiger charge is -2.21. The third-order valence-corrected chi connectivity index (χ3v) is 3.10. The molecule has 0 unspecified atom stereocenters. The smallest absolute Gasteiger partial charge is 0.319 e. The van der Waals surface area contributed by atoms with Crippen molar-refractivity contribution in [3.8, 4) is 0 Å². The fraction of sp³-hybridized carbons (Fsp3) is 0.533. The monoisotopic (exact) mass is 278 g/mol. The Morgan fingerprint density at radius 3 is 2.20 bits per heavy atom. The minimum atomic E-state index is -0.164. The molecule has 0 bridgehead atoms. The molecule has 0 aliphatic carbocycles. The van der Waals surface area contributed by atoms with Crippen LogP contribution in [-0.4, -0.2) is 51.2 Å². The normalized spacial score (nSPS) is 10.4. The molecule has 5 heteroatoms. The molecule has 0 atom stereocenters. The number of amides is 2. The van der Waals surface area contributed by atoms with Crippen molar-refractivity contribution < 1.29 is 4.79 Å². The van der Waals surface area contributed by atoms with Gasteiger partial charge in [0.15, 0.2) is 0 Å². The summed E-state index contributed by atoms with van der Waals surface area (Å²) < 4.78 is 0. The molecule has 1 aromatic rings. The predicted octanol–water partition coefficient (Wildman–Crippen LogP) is 2.22. The van der Waals surface area contributed by atoms with Crippen LogP contribution < -0.4 is 15.5 Å². The van der Waals surface area contributed by atoms with E-state index in [1.165, 1.54) is 5.69 Å². The van der Waals surface area contributed by atoms with Crippen LogP contribution in [0.3, 0.4) is 0 Å². The first kappa shape index (κ1) is 16.3. The van der Waals surface area contributed by atoms with Gasteiger partial charge in [-0.1, -0.05) is 0 Å². The molecule has 0 aliphatic rings. The molecule has 0 aliphatic heterocycles. The number of urea groups is 1. The lowest BCUT2D eigenvalue weighted by atomic mass is 10.2. The molecular weight excluding hydrogens is 252 g/mol. The summed E-state index contributed by atoms with van der Waals surface area (Å²) in [7, 11) is 3.96. The SMILES string of the molecule is CCN(CC)c1ccc(NC(=O)NCCN(C)C)cc1. The van der Waals surface area contributed by atoms with Crippen LogP contribution in [0, 0.1) is 0 Å². The van der Waals surface area contributed by atoms with Gasteiger partial charge in [0.1, 0.15) is 0 Å². The molecule has 0 saturated heterocycles. The number of benzene rings is 1. The van der Waals surface area contributed by atoms with Crippen LogP contribution in [0.2, 0.25) is 0 Å². The van der Waals surface area contributed by atoms with Gasteiger partial charge in [-0.15, -0.1) is 0 Å². The lowest BCUT2D eigenvalue weighted by Crippen LogP contribution is -2.34. The van der Waals surface area contributed by atoms with E-state index in [1.807, 2.05) is 43.3 Å². The van der Waals surface area contributed by atoms with Crippen LogP contribution in [0.5, 0.6) is 0 Å². The fourth-order valence-corrected chi connectivity index (χ4v) is 1.91. The quantitative estimate of drug-likeness (QED) is 0.804. The van der Waals surface area contributed by atoms with Gasteiger partial charge in [-0.05, 0) is 52.2 Å². The lowest BCUT2D eigenvalue weighted by molar-refractivity contribution is 0.250. The van der Waals surface area contributed by atoms with Crippen LogP contribution in [0.15, 0.2) is 24.3 Å². The number of hydrogen-bond acceptors (Lipinski definition) is 3. The minimum Gasteiger partial charge on any atom is -0.372 e. The summed E-state index contributed by atoms with van der Waals surface area (Å²) >= 11 is 0. The molecule has 20 heavy (non-hydrogen) atoms. The molecule has 0 aromatic heterocycles. The number of hydrogen-bond donors (Lipinski definition) is 2. The van der Waals surface area contributed by atoms with Crippen molar-refractivity contribution in [3.05, 3.63) is 24.3 Å². The standard InChI is InChI=1S/C15H26N4O/c1-5-19(6-2)14-9-7-13(8-10-14)17-15(20)16-11-12-18(3)4/h7-10H,5-6,11-12H2,1-4H3,(H2,16,17,20). The van der Waals surface area contributed by atoms with Gasteiger partial charge in [-0.25, -0.2) is 4.79 Å². The molecular formula is C15H26N4O. The molecule has 0 saturated carbocycles. The van der Waals surface area contributed by atoms with Crippen LogP contribution in [0.25, 0.3) is 0 Å². The highest BCUT2D eigenvalue weighted by atomic mass is 16.2. The summed E-state index contributed by atoms with van der Waals surface area (Å²) in [6.07, 6.45) is 0. The molecule has 112 valence electrons. The Kier molecular flexibility index (Phi) is 6.87. The van der Waals surface area contributed by atoms with Crippen molar-refractivity contribution in [1.82, 2.24) is 10.2 Å². The van der Waals surface area contributed by atoms with Gasteiger partial charge in [-0.2, -0.15) is 0 Å². The van der Waals surface area contributed by atoms with E-state index in [-0.39, 0.29) is 6.03 Å². The van der Waals surface area contributed by atoms with Gasteiger partial charge in [0.2, 0.25) is 0 Å². The van der Waals surface area contributed by atoms with Crippen molar-refractivity contribution in [3.63, 3.8) is 0 Å². The Balaban J connectivity index is 2.46. The van der Waals surface area contributed by atoms with Crippen molar-refractivity contribution in [2.75, 3.05) is 50.5 Å². The summed E-state index contributed by atoms with van der Waals surface area (Å²) in [5, 5.41) is 5.65. The number of carbonyl (C=O) groups excluding carboxylic acids is 1. The number of nitrogens with one attached hydrogen (secondary N) is 2. The van der Waals surface area contributed by atoms with E-state index in [4.69, 9.17) is 0 Å². The van der Waals surface area contributed by atoms with E-state index in [2.05, 4.69) is 29.4 Å². The second-order valence-corrected chi connectivity index (χ2v) is 4.90. The maximum atomic E-state index is 11.7. The first-order valence-electron chi connectivity index (χ1n) is 7.11. The number of rotatable bonds is 7. The molecule has 0 spiro atoms. The molecule has 0 heterocycles. The second-order valence-electron chi connectivity index (χ2n) is 4.90. The van der Waals surface area contributed by atoms with E-state index in [0.717, 1.165) is 25.3 Å². The molecule has 0 fully saturated rings. The highest BCUT2D eigenvalue weighted by Gasteiger charge is 2.04. The Bertz CT molecular complexity index is 399. The van der Waals surface area contributed by atoms with Crippen LogP contribution >= 0.6 is 0 Å². The van der Waals surface area contributed by atoms with Crippen molar-refractivity contribution >= 4 is 17.4 Å². The first-order valence-corrected chi connectivity index (χ1v) is 7.11. The van der Waals surface area contributed by atoms with E-state index < -0.39 is 0 Å². The maximum Gasteiger partial charge on any atom is 0.319 e. The zero-order valence-corrected chi connectivity index (χ0v) is 12.9. The van der Waals surface area contributed by atoms with Gasteiger partial charge in [-0.3, -0.25) is 0 Å². The van der Waals surface area contributed by atoms with Gasteiger partial charge < -0.3 is 20.4 Å². The average Bonchev–Trinajstić information content (AvgIpc) is 2.41. The first-order chi connectivity index (χ1) is 9.56. The van der Waals surface area contributed by atoms with Crippen molar-refractivity contribution in [2.24, 2.45) is 0 Å². The van der Waals surface area contributed by atoms with Gasteiger partial charge in [0.25, 0.3) is 0 Å². The summed E-state index contributed by atoms with van der Waals surface area (Å²) in [5.74, 6) is 0. The summed E-state index contributed by atoms with van der Waals surface area (Å²) in [4.78, 5) is 16.0. The van der Waals surface area contributed by atoms with Gasteiger partial charge in [0, 0.05) is 37.6 Å². The molecule has 2 N–H and O–H groups in total. The molecule has 0 radical (unpaired) electrons. The minimum absolute atomic E-state index is 0.164. The highest BCUT2D eigenvalue weighted by molar-refractivity contribution is 5.89. The zero-order valence-electron chi connectivity index (χ0n) is 12.9. The topological polar surface area (TPSA) is 47.6 Å². The highest BCUT2D eigenvalue weighted by Crippen LogP contribution is 2.17. The van der Waals surface area contributed by atoms with Gasteiger partial charge >= 0.3 is 6.03 Å². The van der Waals surface area contributed by atoms with Gasteiger partial charge in [0.05, 0.1) is 0 Å². The van der Waals surface area contributed by atoms with E-state index in [1.54, 1.807) is 0 Å². The molecule has 5 nitrogen and oxygen atoms in total.